The van der Waals surface area contributed by atoms with Gasteiger partial charge in [-0.1, -0.05) is 36.4 Å². The molecule has 92 valence electrons. The molecule has 3 heteroatoms. The minimum atomic E-state index is -1.13. The molecule has 0 saturated carbocycles. The summed E-state index contributed by atoms with van der Waals surface area (Å²) in [6.45, 7) is 1.90. The number of hydrogen-bond donors (Lipinski definition) is 1. The monoisotopic (exact) mass is 242 g/mol. The smallest absolute Gasteiger partial charge is 0.230 e. The van der Waals surface area contributed by atoms with Crippen molar-refractivity contribution < 1.29 is 14.6 Å². The van der Waals surface area contributed by atoms with Gasteiger partial charge in [-0.3, -0.25) is 0 Å². The van der Waals surface area contributed by atoms with E-state index in [1.54, 1.807) is 6.92 Å². The second-order valence-corrected chi connectivity index (χ2v) is 4.47. The first kappa shape index (κ1) is 11.1. The standard InChI is InChI=1S/C15H14O3/c1-15(16)11-6-2-4-8-13(11)17-10-18-14-9-5-3-7-12(14)15/h2-9,16H,10H2,1H3. The number of fused-ring (bicyclic) bond motifs is 2. The maximum absolute atomic E-state index is 10.8. The number of hydrogen-bond acceptors (Lipinski definition) is 3. The predicted molar refractivity (Wildman–Crippen MR) is 67.7 cm³/mol. The van der Waals surface area contributed by atoms with Crippen LogP contribution in [0.5, 0.6) is 11.5 Å². The second-order valence-electron chi connectivity index (χ2n) is 4.47. The minimum absolute atomic E-state index is 0.143. The summed E-state index contributed by atoms with van der Waals surface area (Å²) < 4.78 is 11.1. The van der Waals surface area contributed by atoms with E-state index in [0.717, 1.165) is 11.1 Å². The molecule has 0 atom stereocenters. The van der Waals surface area contributed by atoms with Gasteiger partial charge in [0.15, 0.2) is 0 Å². The lowest BCUT2D eigenvalue weighted by molar-refractivity contribution is 0.0618. The van der Waals surface area contributed by atoms with E-state index in [2.05, 4.69) is 0 Å². The summed E-state index contributed by atoms with van der Waals surface area (Å²) in [5.41, 5.74) is 0.370. The van der Waals surface area contributed by atoms with Crippen molar-refractivity contribution in [2.45, 2.75) is 12.5 Å². The Hall–Kier alpha value is -2.00. The van der Waals surface area contributed by atoms with E-state index in [4.69, 9.17) is 9.47 Å². The zero-order valence-corrected chi connectivity index (χ0v) is 10.1. The maximum atomic E-state index is 10.8. The molecule has 3 nitrogen and oxygen atoms in total. The lowest BCUT2D eigenvalue weighted by Gasteiger charge is -2.30. The van der Waals surface area contributed by atoms with Crippen LogP contribution in [0.15, 0.2) is 48.5 Å². The molecule has 0 fully saturated rings. The zero-order valence-electron chi connectivity index (χ0n) is 10.1. The highest BCUT2D eigenvalue weighted by Crippen LogP contribution is 2.40. The number of para-hydroxylation sites is 2. The van der Waals surface area contributed by atoms with Crippen molar-refractivity contribution in [3.63, 3.8) is 0 Å². The van der Waals surface area contributed by atoms with Crippen molar-refractivity contribution in [3.05, 3.63) is 59.7 Å². The van der Waals surface area contributed by atoms with Crippen LogP contribution in [0.25, 0.3) is 0 Å². The van der Waals surface area contributed by atoms with Crippen molar-refractivity contribution in [3.8, 4) is 11.5 Å². The highest BCUT2D eigenvalue weighted by molar-refractivity contribution is 5.49. The van der Waals surface area contributed by atoms with Crippen LogP contribution in [0.1, 0.15) is 18.1 Å². The maximum Gasteiger partial charge on any atom is 0.230 e. The van der Waals surface area contributed by atoms with E-state index in [-0.39, 0.29) is 6.79 Å². The summed E-state index contributed by atoms with van der Waals surface area (Å²) in [6, 6.07) is 14.9. The number of ether oxygens (including phenoxy) is 2. The van der Waals surface area contributed by atoms with Crippen molar-refractivity contribution in [2.75, 3.05) is 6.79 Å². The molecular formula is C15H14O3. The summed E-state index contributed by atoms with van der Waals surface area (Å²) in [6.07, 6.45) is 0. The quantitative estimate of drug-likeness (QED) is 0.772. The summed E-state index contributed by atoms with van der Waals surface area (Å²) in [7, 11) is 0. The Kier molecular flexibility index (Phi) is 2.49. The third-order valence-corrected chi connectivity index (χ3v) is 3.25. The highest BCUT2D eigenvalue weighted by atomic mass is 16.7. The molecule has 0 unspecified atom stereocenters. The molecule has 2 aromatic carbocycles. The van der Waals surface area contributed by atoms with Crippen LogP contribution in [0, 0.1) is 0 Å². The van der Waals surface area contributed by atoms with Gasteiger partial charge in [0.25, 0.3) is 0 Å². The molecule has 2 aromatic rings. The topological polar surface area (TPSA) is 38.7 Å². The Bertz CT molecular complexity index is 526. The van der Waals surface area contributed by atoms with Gasteiger partial charge in [-0.15, -0.1) is 0 Å². The fraction of sp³-hybridized carbons (Fsp3) is 0.200. The first-order valence-corrected chi connectivity index (χ1v) is 5.86. The predicted octanol–water partition coefficient (Wildman–Crippen LogP) is 2.67. The SMILES string of the molecule is CC1(O)c2ccccc2OCOc2ccccc21. The number of benzene rings is 2. The van der Waals surface area contributed by atoms with Crippen molar-refractivity contribution in [1.29, 1.82) is 0 Å². The summed E-state index contributed by atoms with van der Waals surface area (Å²) in [4.78, 5) is 0. The molecule has 1 N–H and O–H groups in total. The van der Waals surface area contributed by atoms with Crippen molar-refractivity contribution in [2.24, 2.45) is 0 Å². The largest absolute Gasteiger partial charge is 0.457 e. The van der Waals surface area contributed by atoms with Crippen LogP contribution in [0.3, 0.4) is 0 Å². The number of aliphatic hydroxyl groups is 1. The van der Waals surface area contributed by atoms with Gasteiger partial charge in [0, 0.05) is 11.1 Å². The van der Waals surface area contributed by atoms with Crippen LogP contribution in [0.2, 0.25) is 0 Å². The van der Waals surface area contributed by atoms with E-state index in [1.165, 1.54) is 0 Å². The lowest BCUT2D eigenvalue weighted by atomic mass is 9.87. The Morgan fingerprint density at radius 3 is 1.83 bits per heavy atom. The molecule has 0 spiro atoms. The Balaban J connectivity index is 2.24. The van der Waals surface area contributed by atoms with Gasteiger partial charge >= 0.3 is 0 Å². The zero-order chi connectivity index (χ0) is 12.6. The van der Waals surface area contributed by atoms with Crippen LogP contribution < -0.4 is 9.47 Å². The van der Waals surface area contributed by atoms with Crippen LogP contribution >= 0.6 is 0 Å². The Labute approximate surface area is 106 Å². The molecule has 0 aliphatic carbocycles. The van der Waals surface area contributed by atoms with Gasteiger partial charge in [-0.05, 0) is 19.1 Å². The van der Waals surface area contributed by atoms with Crippen molar-refractivity contribution >= 4 is 0 Å². The van der Waals surface area contributed by atoms with E-state index in [1.807, 2.05) is 48.5 Å². The normalized spacial score (nSPS) is 16.3. The fourth-order valence-corrected chi connectivity index (χ4v) is 2.29. The molecule has 0 amide bonds. The van der Waals surface area contributed by atoms with Gasteiger partial charge in [-0.25, -0.2) is 0 Å². The third-order valence-electron chi connectivity index (χ3n) is 3.25. The average Bonchev–Trinajstić information content (AvgIpc) is 2.38. The summed E-state index contributed by atoms with van der Waals surface area (Å²) in [5.74, 6) is 1.30. The van der Waals surface area contributed by atoms with E-state index < -0.39 is 5.60 Å². The van der Waals surface area contributed by atoms with Crippen LogP contribution in [-0.2, 0) is 5.60 Å². The lowest BCUT2D eigenvalue weighted by Crippen LogP contribution is -2.27. The highest BCUT2D eigenvalue weighted by Gasteiger charge is 2.33. The van der Waals surface area contributed by atoms with Gasteiger partial charge in [0.1, 0.15) is 17.1 Å². The molecule has 3 rings (SSSR count). The van der Waals surface area contributed by atoms with Crippen LogP contribution in [0.4, 0.5) is 0 Å². The molecular weight excluding hydrogens is 228 g/mol. The van der Waals surface area contributed by atoms with Gasteiger partial charge < -0.3 is 14.6 Å². The first-order valence-electron chi connectivity index (χ1n) is 5.86. The molecule has 0 bridgehead atoms. The Morgan fingerprint density at radius 2 is 1.33 bits per heavy atom. The number of rotatable bonds is 0. The van der Waals surface area contributed by atoms with Gasteiger partial charge in [0.05, 0.1) is 0 Å². The molecule has 1 aliphatic heterocycles. The minimum Gasteiger partial charge on any atom is -0.457 e. The summed E-state index contributed by atoms with van der Waals surface area (Å²) >= 11 is 0. The second kappa shape index (κ2) is 4.03. The first-order chi connectivity index (χ1) is 8.69. The average molecular weight is 242 g/mol. The molecule has 0 radical (unpaired) electrons. The Morgan fingerprint density at radius 1 is 0.889 bits per heavy atom. The van der Waals surface area contributed by atoms with E-state index in [9.17, 15) is 5.11 Å². The molecule has 1 heterocycles. The molecule has 0 saturated heterocycles. The molecule has 18 heavy (non-hydrogen) atoms. The fourth-order valence-electron chi connectivity index (χ4n) is 2.29. The molecule has 1 aliphatic rings. The van der Waals surface area contributed by atoms with Crippen molar-refractivity contribution in [1.82, 2.24) is 0 Å². The van der Waals surface area contributed by atoms with Gasteiger partial charge in [0.2, 0.25) is 6.79 Å². The summed E-state index contributed by atoms with van der Waals surface area (Å²) in [5, 5.41) is 10.8. The van der Waals surface area contributed by atoms with Gasteiger partial charge in [-0.2, -0.15) is 0 Å². The van der Waals surface area contributed by atoms with E-state index >= 15 is 0 Å². The molecule has 0 aromatic heterocycles. The van der Waals surface area contributed by atoms with Crippen LogP contribution in [-0.4, -0.2) is 11.9 Å². The third kappa shape index (κ3) is 1.64. The van der Waals surface area contributed by atoms with E-state index in [0.29, 0.717) is 11.5 Å².